The van der Waals surface area contributed by atoms with Gasteiger partial charge in [0.15, 0.2) is 6.10 Å². The second kappa shape index (κ2) is 4.87. The SMILES string of the molecule is N[C@@H](C=O)[C@@H](O)[C@@H](O)[C@@H](O)C(=O)O. The third-order valence-electron chi connectivity index (χ3n) is 1.48. The van der Waals surface area contributed by atoms with Crippen LogP contribution in [0.4, 0.5) is 0 Å². The normalized spacial score (nSPS) is 20.0. The Kier molecular flexibility index (Phi) is 4.49. The molecular formula is C6H11NO6. The van der Waals surface area contributed by atoms with E-state index in [1.54, 1.807) is 0 Å². The van der Waals surface area contributed by atoms with E-state index >= 15 is 0 Å². The number of nitrogens with two attached hydrogens (primary N) is 1. The average molecular weight is 193 g/mol. The number of hydrogen-bond donors (Lipinski definition) is 5. The van der Waals surface area contributed by atoms with E-state index in [0.29, 0.717) is 0 Å². The number of aliphatic hydroxyl groups excluding tert-OH is 3. The van der Waals surface area contributed by atoms with Crippen molar-refractivity contribution in [2.24, 2.45) is 5.73 Å². The molecule has 0 fully saturated rings. The molecule has 0 aliphatic heterocycles. The van der Waals surface area contributed by atoms with Crippen LogP contribution in [0.2, 0.25) is 0 Å². The molecule has 6 N–H and O–H groups in total. The maximum atomic E-state index is 10.1. The Balaban J connectivity index is 4.32. The van der Waals surface area contributed by atoms with Crippen LogP contribution in [0.5, 0.6) is 0 Å². The van der Waals surface area contributed by atoms with Crippen LogP contribution in [0.1, 0.15) is 0 Å². The van der Waals surface area contributed by atoms with Gasteiger partial charge in [-0.3, -0.25) is 0 Å². The van der Waals surface area contributed by atoms with Gasteiger partial charge >= 0.3 is 5.97 Å². The maximum Gasteiger partial charge on any atom is 0.335 e. The Bertz CT molecular complexity index is 196. The number of aliphatic carboxylic acids is 1. The summed E-state index contributed by atoms with van der Waals surface area (Å²) in [5, 5.41) is 34.8. The number of carboxylic acid groups (broad SMARTS) is 1. The molecule has 7 nitrogen and oxygen atoms in total. The molecule has 0 aliphatic rings. The summed E-state index contributed by atoms with van der Waals surface area (Å²) in [5.74, 6) is -1.70. The summed E-state index contributed by atoms with van der Waals surface area (Å²) < 4.78 is 0. The van der Waals surface area contributed by atoms with Gasteiger partial charge in [-0.15, -0.1) is 0 Å². The van der Waals surface area contributed by atoms with Crippen molar-refractivity contribution < 1.29 is 30.0 Å². The summed E-state index contributed by atoms with van der Waals surface area (Å²) in [6.07, 6.45) is -5.81. The molecule has 0 aromatic rings. The number of hydrogen-bond acceptors (Lipinski definition) is 6. The molecule has 0 unspecified atom stereocenters. The summed E-state index contributed by atoms with van der Waals surface area (Å²) >= 11 is 0. The molecule has 0 radical (unpaired) electrons. The lowest BCUT2D eigenvalue weighted by Gasteiger charge is -2.21. The molecule has 0 aromatic carbocycles. The van der Waals surface area contributed by atoms with Crippen molar-refractivity contribution >= 4 is 12.3 Å². The van der Waals surface area contributed by atoms with Crippen molar-refractivity contribution in [3.8, 4) is 0 Å². The number of carbonyl (C=O) groups excluding carboxylic acids is 1. The first-order valence-electron chi connectivity index (χ1n) is 3.39. The Morgan fingerprint density at radius 2 is 1.69 bits per heavy atom. The van der Waals surface area contributed by atoms with Gasteiger partial charge < -0.3 is 31.0 Å². The van der Waals surface area contributed by atoms with E-state index in [9.17, 15) is 9.59 Å². The maximum absolute atomic E-state index is 10.1. The Morgan fingerprint density at radius 3 is 2.00 bits per heavy atom. The quantitative estimate of drug-likeness (QED) is 0.287. The first kappa shape index (κ1) is 12.0. The molecule has 0 rings (SSSR count). The van der Waals surface area contributed by atoms with Gasteiger partial charge in [0.05, 0.1) is 6.04 Å². The lowest BCUT2D eigenvalue weighted by atomic mass is 10.0. The fraction of sp³-hybridized carbons (Fsp3) is 0.667. The number of aliphatic hydroxyl groups is 3. The molecule has 0 saturated carbocycles. The van der Waals surface area contributed by atoms with E-state index in [1.807, 2.05) is 0 Å². The molecule has 0 amide bonds. The van der Waals surface area contributed by atoms with Crippen LogP contribution in [0.25, 0.3) is 0 Å². The molecule has 7 heteroatoms. The first-order valence-corrected chi connectivity index (χ1v) is 3.39. The largest absolute Gasteiger partial charge is 0.479 e. The fourth-order valence-electron chi connectivity index (χ4n) is 0.641. The molecule has 0 aromatic heterocycles. The van der Waals surface area contributed by atoms with Crippen LogP contribution < -0.4 is 5.73 Å². The van der Waals surface area contributed by atoms with Crippen LogP contribution >= 0.6 is 0 Å². The number of rotatable bonds is 5. The predicted molar refractivity (Wildman–Crippen MR) is 39.7 cm³/mol. The second-order valence-electron chi connectivity index (χ2n) is 2.48. The van der Waals surface area contributed by atoms with Gasteiger partial charge in [-0.1, -0.05) is 0 Å². The number of carboxylic acids is 1. The minimum Gasteiger partial charge on any atom is -0.479 e. The third kappa shape index (κ3) is 3.07. The lowest BCUT2D eigenvalue weighted by Crippen LogP contribution is -2.51. The second-order valence-corrected chi connectivity index (χ2v) is 2.48. The molecule has 13 heavy (non-hydrogen) atoms. The lowest BCUT2D eigenvalue weighted by molar-refractivity contribution is -0.159. The zero-order chi connectivity index (χ0) is 10.6. The van der Waals surface area contributed by atoms with Crippen molar-refractivity contribution in [2.45, 2.75) is 24.4 Å². The zero-order valence-electron chi connectivity index (χ0n) is 6.57. The molecule has 76 valence electrons. The van der Waals surface area contributed by atoms with Gasteiger partial charge in [0.25, 0.3) is 0 Å². The summed E-state index contributed by atoms with van der Waals surface area (Å²) in [6.45, 7) is 0. The van der Waals surface area contributed by atoms with E-state index in [1.165, 1.54) is 0 Å². The van der Waals surface area contributed by atoms with Gasteiger partial charge in [-0.25, -0.2) is 4.79 Å². The summed E-state index contributed by atoms with van der Waals surface area (Å²) in [4.78, 5) is 20.1. The van der Waals surface area contributed by atoms with Gasteiger partial charge in [-0.05, 0) is 0 Å². The smallest absolute Gasteiger partial charge is 0.335 e. The fourth-order valence-corrected chi connectivity index (χ4v) is 0.641. The average Bonchev–Trinajstić information content (AvgIpc) is 2.12. The van der Waals surface area contributed by atoms with Crippen molar-refractivity contribution in [2.75, 3.05) is 0 Å². The highest BCUT2D eigenvalue weighted by molar-refractivity contribution is 5.73. The van der Waals surface area contributed by atoms with Crippen molar-refractivity contribution in [1.82, 2.24) is 0 Å². The van der Waals surface area contributed by atoms with Gasteiger partial charge in [0.2, 0.25) is 0 Å². The molecule has 0 saturated heterocycles. The Morgan fingerprint density at radius 1 is 1.23 bits per heavy atom. The number of carbonyl (C=O) groups is 2. The summed E-state index contributed by atoms with van der Waals surface area (Å²) in [6, 6.07) is -1.43. The van der Waals surface area contributed by atoms with Crippen LogP contribution in [0, 0.1) is 0 Å². The van der Waals surface area contributed by atoms with Crippen molar-refractivity contribution in [3.05, 3.63) is 0 Å². The van der Waals surface area contributed by atoms with E-state index < -0.39 is 30.3 Å². The van der Waals surface area contributed by atoms with E-state index in [2.05, 4.69) is 0 Å². The van der Waals surface area contributed by atoms with Crippen LogP contribution in [0.15, 0.2) is 0 Å². The van der Waals surface area contributed by atoms with Gasteiger partial charge in [0, 0.05) is 0 Å². The topological polar surface area (TPSA) is 141 Å². The predicted octanol–water partition coefficient (Wildman–Crippen LogP) is -3.32. The van der Waals surface area contributed by atoms with Gasteiger partial charge in [-0.2, -0.15) is 0 Å². The Hall–Kier alpha value is -1.02. The minimum absolute atomic E-state index is 0.141. The van der Waals surface area contributed by atoms with Crippen LogP contribution in [-0.2, 0) is 9.59 Å². The highest BCUT2D eigenvalue weighted by Crippen LogP contribution is 2.02. The van der Waals surface area contributed by atoms with E-state index in [4.69, 9.17) is 26.2 Å². The Labute approximate surface area is 73.4 Å². The zero-order valence-corrected chi connectivity index (χ0v) is 6.57. The molecule has 0 aliphatic carbocycles. The molecule has 0 bridgehead atoms. The van der Waals surface area contributed by atoms with E-state index in [-0.39, 0.29) is 6.29 Å². The number of aldehydes is 1. The minimum atomic E-state index is -2.17. The molecule has 0 heterocycles. The highest BCUT2D eigenvalue weighted by atomic mass is 16.4. The molecule has 0 spiro atoms. The first-order chi connectivity index (χ1) is 5.91. The summed E-state index contributed by atoms with van der Waals surface area (Å²) in [7, 11) is 0. The molecular weight excluding hydrogens is 182 g/mol. The standard InChI is InChI=1S/C6H11NO6/c7-2(1-8)3(9)4(10)5(11)6(12)13/h1-5,9-11H,7H2,(H,12,13)/t2-,3+,4+,5+/m0/s1. The van der Waals surface area contributed by atoms with E-state index in [0.717, 1.165) is 0 Å². The van der Waals surface area contributed by atoms with Crippen molar-refractivity contribution in [3.63, 3.8) is 0 Å². The van der Waals surface area contributed by atoms with Crippen LogP contribution in [0.3, 0.4) is 0 Å². The third-order valence-corrected chi connectivity index (χ3v) is 1.48. The summed E-state index contributed by atoms with van der Waals surface area (Å²) in [5.41, 5.74) is 4.97. The van der Waals surface area contributed by atoms with Crippen LogP contribution in [-0.4, -0.2) is 57.0 Å². The van der Waals surface area contributed by atoms with Gasteiger partial charge in [0.1, 0.15) is 18.5 Å². The molecule has 4 atom stereocenters. The van der Waals surface area contributed by atoms with Crippen molar-refractivity contribution in [1.29, 1.82) is 0 Å². The monoisotopic (exact) mass is 193 g/mol. The highest BCUT2D eigenvalue weighted by Gasteiger charge is 2.33.